The zero-order chi connectivity index (χ0) is 26.4. The molecule has 1 aliphatic heterocycles. The summed E-state index contributed by atoms with van der Waals surface area (Å²) in [6.45, 7) is 2.97. The molecule has 5 fully saturated rings. The monoisotopic (exact) mass is 536 g/mol. The Kier molecular flexibility index (Phi) is 6.89. The van der Waals surface area contributed by atoms with E-state index in [0.717, 1.165) is 56.2 Å². The van der Waals surface area contributed by atoms with Gasteiger partial charge in [0.05, 0.1) is 5.60 Å². The van der Waals surface area contributed by atoms with Gasteiger partial charge in [0.25, 0.3) is 5.91 Å². The largest absolute Gasteiger partial charge is 0.481 e. The third kappa shape index (κ3) is 5.05. The molecule has 202 valence electrons. The number of rotatable bonds is 8. The minimum atomic E-state index is -0.662. The normalized spacial score (nSPS) is 32.4. The highest BCUT2D eigenvalue weighted by Crippen LogP contribution is 2.57. The van der Waals surface area contributed by atoms with Gasteiger partial charge in [-0.05, 0) is 92.9 Å². The first-order chi connectivity index (χ1) is 18.3. The standard InChI is InChI=1S/C31H37ClN2O4/c1-19(29(35)33-18-20-5-3-2-4-6-20)38-26-8-7-22(27(32)14-26)13-23-9-10-34(30(23)36)28-24-11-21-12-25(28)17-31(37,15-21)16-24/h2-8,14,19,21,23-25,28,37H,9-13,15-18H2,1H3,(H,33,35). The summed E-state index contributed by atoms with van der Waals surface area (Å²) in [5.41, 5.74) is 1.48. The van der Waals surface area contributed by atoms with E-state index in [2.05, 4.69) is 10.2 Å². The minimum absolute atomic E-state index is 0.0674. The van der Waals surface area contributed by atoms with E-state index >= 15 is 0 Å². The van der Waals surface area contributed by atoms with E-state index in [0.29, 0.717) is 47.5 Å². The van der Waals surface area contributed by atoms with Crippen LogP contribution in [0.25, 0.3) is 0 Å². The summed E-state index contributed by atoms with van der Waals surface area (Å²) in [6.07, 6.45) is 5.78. The van der Waals surface area contributed by atoms with Gasteiger partial charge in [-0.3, -0.25) is 9.59 Å². The summed E-state index contributed by atoms with van der Waals surface area (Å²) < 4.78 is 5.86. The summed E-state index contributed by atoms with van der Waals surface area (Å²) >= 11 is 6.63. The Balaban J connectivity index is 1.04. The molecule has 0 radical (unpaired) electrons. The number of ether oxygens (including phenoxy) is 1. The third-order valence-corrected chi connectivity index (χ3v) is 9.74. The zero-order valence-corrected chi connectivity index (χ0v) is 22.7. The van der Waals surface area contributed by atoms with Crippen molar-refractivity contribution < 1.29 is 19.4 Å². The number of likely N-dealkylation sites (tertiary alicyclic amines) is 1. The van der Waals surface area contributed by atoms with Crippen LogP contribution < -0.4 is 10.1 Å². The Morgan fingerprint density at radius 1 is 1.16 bits per heavy atom. The average Bonchev–Trinajstić information content (AvgIpc) is 3.23. The summed E-state index contributed by atoms with van der Waals surface area (Å²) in [4.78, 5) is 28.2. The van der Waals surface area contributed by atoms with Crippen LogP contribution in [0.3, 0.4) is 0 Å². The molecule has 0 spiro atoms. The van der Waals surface area contributed by atoms with Crippen LogP contribution in [0.1, 0.15) is 56.6 Å². The van der Waals surface area contributed by atoms with Crippen LogP contribution in [0.15, 0.2) is 48.5 Å². The summed E-state index contributed by atoms with van der Waals surface area (Å²) in [6, 6.07) is 15.5. The number of carbonyl (C=O) groups excluding carboxylic acids is 2. The second kappa shape index (κ2) is 10.2. The van der Waals surface area contributed by atoms with Crippen LogP contribution in [0.2, 0.25) is 5.02 Å². The number of amides is 2. The van der Waals surface area contributed by atoms with Gasteiger partial charge < -0.3 is 20.1 Å². The number of nitrogens with one attached hydrogen (secondary N) is 1. The molecule has 6 nitrogen and oxygen atoms in total. The third-order valence-electron chi connectivity index (χ3n) is 9.38. The predicted molar refractivity (Wildman–Crippen MR) is 146 cm³/mol. The molecule has 4 bridgehead atoms. The van der Waals surface area contributed by atoms with Crippen molar-refractivity contribution in [1.29, 1.82) is 0 Å². The molecule has 4 aliphatic carbocycles. The van der Waals surface area contributed by atoms with Crippen LogP contribution in [0.5, 0.6) is 5.75 Å². The smallest absolute Gasteiger partial charge is 0.261 e. The van der Waals surface area contributed by atoms with Gasteiger partial charge in [-0.1, -0.05) is 48.0 Å². The van der Waals surface area contributed by atoms with Gasteiger partial charge in [-0.15, -0.1) is 0 Å². The number of carbonyl (C=O) groups is 2. The van der Waals surface area contributed by atoms with E-state index in [1.807, 2.05) is 42.5 Å². The molecule has 5 aliphatic rings. The van der Waals surface area contributed by atoms with Gasteiger partial charge in [0.2, 0.25) is 5.91 Å². The number of nitrogens with zero attached hydrogens (tertiary/aromatic N) is 1. The van der Waals surface area contributed by atoms with Crippen molar-refractivity contribution in [3.05, 3.63) is 64.7 Å². The number of benzene rings is 2. The maximum absolute atomic E-state index is 13.5. The Labute approximate surface area is 229 Å². The molecule has 1 saturated heterocycles. The van der Waals surface area contributed by atoms with Crippen molar-refractivity contribution in [3.63, 3.8) is 0 Å². The Morgan fingerprint density at radius 2 is 1.89 bits per heavy atom. The maximum Gasteiger partial charge on any atom is 0.261 e. The average molecular weight is 537 g/mol. The van der Waals surface area contributed by atoms with Crippen LogP contribution in [0, 0.1) is 23.7 Å². The van der Waals surface area contributed by atoms with Crippen molar-refractivity contribution in [2.45, 2.75) is 76.2 Å². The first-order valence-electron chi connectivity index (χ1n) is 14.1. The highest BCUT2D eigenvalue weighted by Gasteiger charge is 2.57. The van der Waals surface area contributed by atoms with Crippen LogP contribution >= 0.6 is 11.6 Å². The minimum Gasteiger partial charge on any atom is -0.481 e. The summed E-state index contributed by atoms with van der Waals surface area (Å²) in [5.74, 6) is 2.05. The quantitative estimate of drug-likeness (QED) is 0.510. The van der Waals surface area contributed by atoms with E-state index in [1.165, 1.54) is 0 Å². The van der Waals surface area contributed by atoms with E-state index in [-0.39, 0.29) is 17.7 Å². The van der Waals surface area contributed by atoms with Crippen molar-refractivity contribution in [3.8, 4) is 5.75 Å². The van der Waals surface area contributed by atoms with E-state index in [4.69, 9.17) is 16.3 Å². The maximum atomic E-state index is 13.5. The molecule has 7 heteroatoms. The SMILES string of the molecule is CC(Oc1ccc(CC2CCN(C3C4CC5CC3CC(O)(C5)C4)C2=O)c(Cl)c1)C(=O)NCc1ccccc1. The first-order valence-corrected chi connectivity index (χ1v) is 14.5. The molecule has 2 amide bonds. The topological polar surface area (TPSA) is 78.9 Å². The highest BCUT2D eigenvalue weighted by atomic mass is 35.5. The van der Waals surface area contributed by atoms with Crippen molar-refractivity contribution >= 4 is 23.4 Å². The molecule has 2 N–H and O–H groups in total. The second-order valence-corrected chi connectivity index (χ2v) is 12.5. The van der Waals surface area contributed by atoms with E-state index < -0.39 is 11.7 Å². The number of hydrogen-bond acceptors (Lipinski definition) is 4. The van der Waals surface area contributed by atoms with Crippen LogP contribution in [0.4, 0.5) is 0 Å². The van der Waals surface area contributed by atoms with Crippen LogP contribution in [-0.2, 0) is 22.6 Å². The van der Waals surface area contributed by atoms with Gasteiger partial charge in [0.15, 0.2) is 6.10 Å². The lowest BCUT2D eigenvalue weighted by atomic mass is 9.52. The summed E-state index contributed by atoms with van der Waals surface area (Å²) in [7, 11) is 0. The van der Waals surface area contributed by atoms with E-state index in [1.54, 1.807) is 13.0 Å². The Morgan fingerprint density at radius 3 is 2.58 bits per heavy atom. The Bertz CT molecular complexity index is 1190. The number of hydrogen-bond donors (Lipinski definition) is 2. The molecule has 4 saturated carbocycles. The van der Waals surface area contributed by atoms with Crippen LogP contribution in [-0.4, -0.2) is 46.1 Å². The van der Waals surface area contributed by atoms with Gasteiger partial charge in [0.1, 0.15) is 5.75 Å². The van der Waals surface area contributed by atoms with Gasteiger partial charge >= 0.3 is 0 Å². The molecular weight excluding hydrogens is 500 g/mol. The molecule has 0 aromatic heterocycles. The van der Waals surface area contributed by atoms with Crippen molar-refractivity contribution in [1.82, 2.24) is 10.2 Å². The fourth-order valence-electron chi connectivity index (χ4n) is 7.93. The highest BCUT2D eigenvalue weighted by molar-refractivity contribution is 6.31. The molecule has 38 heavy (non-hydrogen) atoms. The molecule has 1 heterocycles. The number of halogens is 1. The molecular formula is C31H37ClN2O4. The molecule has 2 aromatic carbocycles. The Hall–Kier alpha value is -2.57. The molecule has 7 rings (SSSR count). The van der Waals surface area contributed by atoms with E-state index in [9.17, 15) is 14.7 Å². The lowest BCUT2D eigenvalue weighted by molar-refractivity contribution is -0.168. The van der Waals surface area contributed by atoms with Crippen molar-refractivity contribution in [2.75, 3.05) is 6.54 Å². The van der Waals surface area contributed by atoms with Gasteiger partial charge in [-0.2, -0.15) is 0 Å². The summed E-state index contributed by atoms with van der Waals surface area (Å²) in [5, 5.41) is 14.4. The molecule has 4 unspecified atom stereocenters. The zero-order valence-electron chi connectivity index (χ0n) is 21.9. The van der Waals surface area contributed by atoms with Gasteiger partial charge in [0, 0.05) is 30.1 Å². The second-order valence-electron chi connectivity index (χ2n) is 12.1. The number of aliphatic hydroxyl groups is 1. The predicted octanol–water partition coefficient (Wildman–Crippen LogP) is 4.75. The molecule has 4 atom stereocenters. The fourth-order valence-corrected chi connectivity index (χ4v) is 8.18. The molecule has 2 aromatic rings. The van der Waals surface area contributed by atoms with Gasteiger partial charge in [-0.25, -0.2) is 0 Å². The van der Waals surface area contributed by atoms with Crippen molar-refractivity contribution in [2.24, 2.45) is 23.7 Å². The lowest BCUT2D eigenvalue weighted by Gasteiger charge is -2.59. The fraction of sp³-hybridized carbons (Fsp3) is 0.548. The lowest BCUT2D eigenvalue weighted by Crippen LogP contribution is -2.62. The first kappa shape index (κ1) is 25.7.